The Hall–Kier alpha value is -1.20. The first-order valence-corrected chi connectivity index (χ1v) is 11.9. The van der Waals surface area contributed by atoms with E-state index in [1.165, 1.54) is 50.5 Å². The molecule has 0 aromatic carbocycles. The number of piperidine rings is 1. The number of hydrogen-bond acceptors (Lipinski definition) is 3. The third kappa shape index (κ3) is 6.92. The summed E-state index contributed by atoms with van der Waals surface area (Å²) in [5.41, 5.74) is 1.41. The van der Waals surface area contributed by atoms with Crippen LogP contribution < -0.4 is 10.6 Å². The standard InChI is InChI=1S/C24H40N4S/c1-23(2)15-21(16-24(3,4)27-23)28(18-19-11-10-14-25-17-19)22(29)26-20-12-8-6-5-7-9-13-20/h10-11,14,17,20-21,27H,5-9,12-13,15-16,18H2,1-4H3,(H,26,29). The van der Waals surface area contributed by atoms with Crippen LogP contribution in [-0.2, 0) is 6.54 Å². The average Bonchev–Trinajstić information content (AvgIpc) is 2.60. The second-order valence-electron chi connectivity index (χ2n) is 10.4. The van der Waals surface area contributed by atoms with Gasteiger partial charge in [0.1, 0.15) is 0 Å². The molecule has 0 bridgehead atoms. The van der Waals surface area contributed by atoms with Gasteiger partial charge in [0.05, 0.1) is 0 Å². The lowest BCUT2D eigenvalue weighted by Gasteiger charge is -2.50. The zero-order chi connectivity index (χ0) is 20.9. The SMILES string of the molecule is CC1(C)CC(N(Cc2cccnc2)C(=S)NC2CCCCCCC2)CC(C)(C)N1. The molecule has 2 N–H and O–H groups in total. The summed E-state index contributed by atoms with van der Waals surface area (Å²) < 4.78 is 0. The summed E-state index contributed by atoms with van der Waals surface area (Å²) in [7, 11) is 0. The maximum absolute atomic E-state index is 6.04. The molecule has 29 heavy (non-hydrogen) atoms. The Morgan fingerprint density at radius 2 is 1.72 bits per heavy atom. The maximum atomic E-state index is 6.04. The van der Waals surface area contributed by atoms with Crippen molar-refractivity contribution in [2.75, 3.05) is 0 Å². The van der Waals surface area contributed by atoms with E-state index in [1.807, 2.05) is 18.5 Å². The molecule has 5 heteroatoms. The predicted octanol–water partition coefficient (Wildman–Crippen LogP) is 5.18. The van der Waals surface area contributed by atoms with Gasteiger partial charge in [-0.1, -0.05) is 38.2 Å². The van der Waals surface area contributed by atoms with Gasteiger partial charge >= 0.3 is 0 Å². The van der Waals surface area contributed by atoms with Gasteiger partial charge in [0.15, 0.2) is 5.11 Å². The van der Waals surface area contributed by atoms with Crippen LogP contribution in [-0.4, -0.2) is 38.2 Å². The van der Waals surface area contributed by atoms with Crippen LogP contribution in [0.2, 0.25) is 0 Å². The number of nitrogens with one attached hydrogen (secondary N) is 2. The lowest BCUT2D eigenvalue weighted by molar-refractivity contribution is 0.0989. The smallest absolute Gasteiger partial charge is 0.169 e. The molecular weight excluding hydrogens is 376 g/mol. The van der Waals surface area contributed by atoms with Crippen LogP contribution in [0.15, 0.2) is 24.5 Å². The van der Waals surface area contributed by atoms with Crippen molar-refractivity contribution in [2.45, 2.75) is 115 Å². The molecule has 3 rings (SSSR count). The highest BCUT2D eigenvalue weighted by Gasteiger charge is 2.40. The van der Waals surface area contributed by atoms with Crippen molar-refractivity contribution in [3.8, 4) is 0 Å². The van der Waals surface area contributed by atoms with Gasteiger partial charge in [-0.25, -0.2) is 0 Å². The third-order valence-corrected chi connectivity index (χ3v) is 6.73. The van der Waals surface area contributed by atoms with E-state index in [0.29, 0.717) is 12.1 Å². The van der Waals surface area contributed by atoms with Crippen molar-refractivity contribution in [1.82, 2.24) is 20.5 Å². The molecule has 0 spiro atoms. The van der Waals surface area contributed by atoms with Crippen LogP contribution in [0.1, 0.15) is 91.0 Å². The number of nitrogens with zero attached hydrogens (tertiary/aromatic N) is 2. The largest absolute Gasteiger partial charge is 0.360 e. The molecule has 1 aromatic rings. The van der Waals surface area contributed by atoms with Gasteiger partial charge in [0.25, 0.3) is 0 Å². The Morgan fingerprint density at radius 3 is 2.31 bits per heavy atom. The molecule has 1 saturated heterocycles. The first-order chi connectivity index (χ1) is 13.7. The van der Waals surface area contributed by atoms with Crippen LogP contribution in [0.25, 0.3) is 0 Å². The van der Waals surface area contributed by atoms with Crippen LogP contribution in [0.4, 0.5) is 0 Å². The number of pyridine rings is 1. The minimum Gasteiger partial charge on any atom is -0.360 e. The molecule has 1 aliphatic heterocycles. The van der Waals surface area contributed by atoms with Crippen LogP contribution in [0, 0.1) is 0 Å². The summed E-state index contributed by atoms with van der Waals surface area (Å²) in [6.45, 7) is 10.1. The molecule has 0 amide bonds. The van der Waals surface area contributed by atoms with Crippen LogP contribution in [0.5, 0.6) is 0 Å². The molecule has 162 valence electrons. The van der Waals surface area contributed by atoms with Gasteiger partial charge in [-0.15, -0.1) is 0 Å². The summed E-state index contributed by atoms with van der Waals surface area (Å²) >= 11 is 6.04. The van der Waals surface area contributed by atoms with E-state index in [9.17, 15) is 0 Å². The van der Waals surface area contributed by atoms with E-state index in [-0.39, 0.29) is 11.1 Å². The van der Waals surface area contributed by atoms with E-state index in [4.69, 9.17) is 12.2 Å². The molecule has 4 nitrogen and oxygen atoms in total. The van der Waals surface area contributed by atoms with Crippen molar-refractivity contribution < 1.29 is 0 Å². The highest BCUT2D eigenvalue weighted by Crippen LogP contribution is 2.32. The maximum Gasteiger partial charge on any atom is 0.169 e. The summed E-state index contributed by atoms with van der Waals surface area (Å²) in [5.74, 6) is 0. The highest BCUT2D eigenvalue weighted by molar-refractivity contribution is 7.80. The molecule has 2 aliphatic rings. The number of aromatic nitrogens is 1. The minimum absolute atomic E-state index is 0.0927. The van der Waals surface area contributed by atoms with Gasteiger partial charge in [-0.05, 0) is 77.2 Å². The molecule has 1 aromatic heterocycles. The van der Waals surface area contributed by atoms with E-state index >= 15 is 0 Å². The summed E-state index contributed by atoms with van der Waals surface area (Å²) in [5, 5.41) is 8.52. The fraction of sp³-hybridized carbons (Fsp3) is 0.750. The third-order valence-electron chi connectivity index (χ3n) is 6.38. The lowest BCUT2D eigenvalue weighted by Crippen LogP contribution is -2.63. The van der Waals surface area contributed by atoms with Crippen molar-refractivity contribution in [2.24, 2.45) is 0 Å². The van der Waals surface area contributed by atoms with Crippen molar-refractivity contribution in [3.63, 3.8) is 0 Å². The molecule has 1 aliphatic carbocycles. The summed E-state index contributed by atoms with van der Waals surface area (Å²) in [6.07, 6.45) is 15.2. The Kier molecular flexibility index (Phi) is 7.55. The Bertz CT molecular complexity index is 634. The highest BCUT2D eigenvalue weighted by atomic mass is 32.1. The fourth-order valence-corrected chi connectivity index (χ4v) is 5.78. The molecular formula is C24H40N4S. The van der Waals surface area contributed by atoms with E-state index in [1.54, 1.807) is 0 Å². The van der Waals surface area contributed by atoms with Gasteiger partial charge in [0, 0.05) is 42.1 Å². The average molecular weight is 417 g/mol. The summed E-state index contributed by atoms with van der Waals surface area (Å²) in [4.78, 5) is 6.79. The van der Waals surface area contributed by atoms with E-state index in [0.717, 1.165) is 24.5 Å². The normalized spacial score (nSPS) is 23.0. The quantitative estimate of drug-likeness (QED) is 0.662. The Balaban J connectivity index is 1.77. The van der Waals surface area contributed by atoms with Crippen molar-refractivity contribution >= 4 is 17.3 Å². The second-order valence-corrected chi connectivity index (χ2v) is 10.8. The number of thiocarbonyl (C=S) groups is 1. The zero-order valence-electron chi connectivity index (χ0n) is 18.8. The van der Waals surface area contributed by atoms with Gasteiger partial charge in [0.2, 0.25) is 0 Å². The first kappa shape index (κ1) is 22.5. The monoisotopic (exact) mass is 416 g/mol. The topological polar surface area (TPSA) is 40.2 Å². The van der Waals surface area contributed by atoms with Crippen LogP contribution >= 0.6 is 12.2 Å². The van der Waals surface area contributed by atoms with E-state index < -0.39 is 0 Å². The van der Waals surface area contributed by atoms with Crippen molar-refractivity contribution in [1.29, 1.82) is 0 Å². The van der Waals surface area contributed by atoms with Gasteiger partial charge < -0.3 is 15.5 Å². The van der Waals surface area contributed by atoms with E-state index in [2.05, 4.69) is 54.3 Å². The molecule has 0 atom stereocenters. The zero-order valence-corrected chi connectivity index (χ0v) is 19.7. The predicted molar refractivity (Wildman–Crippen MR) is 126 cm³/mol. The molecule has 2 fully saturated rings. The first-order valence-electron chi connectivity index (χ1n) is 11.5. The van der Waals surface area contributed by atoms with Gasteiger partial charge in [-0.3, -0.25) is 4.98 Å². The molecule has 0 unspecified atom stereocenters. The Labute approximate surface area is 183 Å². The molecule has 1 saturated carbocycles. The van der Waals surface area contributed by atoms with Gasteiger partial charge in [-0.2, -0.15) is 0 Å². The molecule has 0 radical (unpaired) electrons. The summed E-state index contributed by atoms with van der Waals surface area (Å²) in [6, 6.07) is 5.11. The second kappa shape index (κ2) is 9.74. The fourth-order valence-electron chi connectivity index (χ4n) is 5.40. The lowest BCUT2D eigenvalue weighted by atomic mass is 9.79. The number of hydrogen-bond donors (Lipinski definition) is 2. The van der Waals surface area contributed by atoms with Crippen molar-refractivity contribution in [3.05, 3.63) is 30.1 Å². The minimum atomic E-state index is 0.0927. The Morgan fingerprint density at radius 1 is 1.10 bits per heavy atom. The van der Waals surface area contributed by atoms with Crippen LogP contribution in [0.3, 0.4) is 0 Å². The number of rotatable bonds is 4. The molecule has 2 heterocycles.